The van der Waals surface area contributed by atoms with Gasteiger partial charge in [0.05, 0.1) is 11.4 Å². The first-order valence-corrected chi connectivity index (χ1v) is 6.18. The summed E-state index contributed by atoms with van der Waals surface area (Å²) in [6, 6.07) is 14.2. The van der Waals surface area contributed by atoms with Crippen molar-refractivity contribution in [2.75, 3.05) is 0 Å². The van der Waals surface area contributed by atoms with Crippen LogP contribution in [0.5, 0.6) is 0 Å². The molecular formula is C16H13N3. The Morgan fingerprint density at radius 3 is 2.26 bits per heavy atom. The van der Waals surface area contributed by atoms with Gasteiger partial charge in [-0.2, -0.15) is 0 Å². The molecular weight excluding hydrogens is 234 g/mol. The minimum Gasteiger partial charge on any atom is -0.265 e. The molecule has 0 amide bonds. The average molecular weight is 247 g/mol. The van der Waals surface area contributed by atoms with Gasteiger partial charge in [-0.05, 0) is 17.7 Å². The van der Waals surface area contributed by atoms with Gasteiger partial charge in [0.15, 0.2) is 0 Å². The van der Waals surface area contributed by atoms with E-state index >= 15 is 0 Å². The van der Waals surface area contributed by atoms with Gasteiger partial charge in [-0.15, -0.1) is 0 Å². The Labute approximate surface area is 112 Å². The van der Waals surface area contributed by atoms with Gasteiger partial charge in [0.1, 0.15) is 0 Å². The van der Waals surface area contributed by atoms with Crippen LogP contribution >= 0.6 is 0 Å². The van der Waals surface area contributed by atoms with Crippen molar-refractivity contribution in [1.29, 1.82) is 0 Å². The van der Waals surface area contributed by atoms with Crippen molar-refractivity contribution in [1.82, 2.24) is 15.0 Å². The van der Waals surface area contributed by atoms with Crippen LogP contribution in [0.3, 0.4) is 0 Å². The third kappa shape index (κ3) is 2.65. The van der Waals surface area contributed by atoms with Gasteiger partial charge in [0.25, 0.3) is 0 Å². The Morgan fingerprint density at radius 2 is 1.47 bits per heavy atom. The molecule has 0 aliphatic carbocycles. The summed E-state index contributed by atoms with van der Waals surface area (Å²) in [6.07, 6.45) is 7.80. The molecule has 1 aromatic carbocycles. The number of hydrogen-bond donors (Lipinski definition) is 0. The monoisotopic (exact) mass is 247 g/mol. The fourth-order valence-electron chi connectivity index (χ4n) is 2.04. The summed E-state index contributed by atoms with van der Waals surface area (Å²) in [5, 5.41) is 0. The number of nitrogens with zero attached hydrogens (tertiary/aromatic N) is 3. The molecule has 0 bridgehead atoms. The van der Waals surface area contributed by atoms with Crippen LogP contribution in [0, 0.1) is 0 Å². The van der Waals surface area contributed by atoms with E-state index in [0.29, 0.717) is 0 Å². The summed E-state index contributed by atoms with van der Waals surface area (Å²) >= 11 is 0. The van der Waals surface area contributed by atoms with Crippen LogP contribution in [0.1, 0.15) is 11.3 Å². The maximum absolute atomic E-state index is 4.47. The van der Waals surface area contributed by atoms with E-state index in [-0.39, 0.29) is 0 Å². The van der Waals surface area contributed by atoms with Crippen LogP contribution in [0.4, 0.5) is 0 Å². The summed E-state index contributed by atoms with van der Waals surface area (Å²) in [4.78, 5) is 13.0. The molecule has 2 aromatic heterocycles. The largest absolute Gasteiger partial charge is 0.265 e. The Bertz CT molecular complexity index is 651. The zero-order valence-electron chi connectivity index (χ0n) is 10.4. The van der Waals surface area contributed by atoms with E-state index in [9.17, 15) is 0 Å². The molecule has 0 saturated heterocycles. The topological polar surface area (TPSA) is 38.7 Å². The van der Waals surface area contributed by atoms with Crippen molar-refractivity contribution >= 4 is 0 Å². The molecule has 0 fully saturated rings. The zero-order valence-corrected chi connectivity index (χ0v) is 10.4. The Hall–Kier alpha value is -2.55. The van der Waals surface area contributed by atoms with Crippen molar-refractivity contribution < 1.29 is 0 Å². The van der Waals surface area contributed by atoms with Gasteiger partial charge in [0, 0.05) is 36.8 Å². The van der Waals surface area contributed by atoms with Gasteiger partial charge in [-0.3, -0.25) is 15.0 Å². The van der Waals surface area contributed by atoms with E-state index in [4.69, 9.17) is 0 Å². The van der Waals surface area contributed by atoms with E-state index in [1.807, 2.05) is 30.3 Å². The van der Waals surface area contributed by atoms with E-state index in [1.54, 1.807) is 24.8 Å². The predicted molar refractivity (Wildman–Crippen MR) is 74.5 cm³/mol. The number of rotatable bonds is 3. The second kappa shape index (κ2) is 5.40. The third-order valence-electron chi connectivity index (χ3n) is 2.94. The molecule has 3 nitrogen and oxygen atoms in total. The van der Waals surface area contributed by atoms with E-state index in [0.717, 1.165) is 23.4 Å². The molecule has 19 heavy (non-hydrogen) atoms. The number of benzene rings is 1. The molecule has 3 heteroatoms. The maximum atomic E-state index is 4.47. The Balaban J connectivity index is 1.99. The summed E-state index contributed by atoms with van der Waals surface area (Å²) in [6.45, 7) is 0. The highest BCUT2D eigenvalue weighted by Crippen LogP contribution is 2.20. The second-order valence-corrected chi connectivity index (χ2v) is 4.25. The van der Waals surface area contributed by atoms with Crippen LogP contribution in [-0.4, -0.2) is 15.0 Å². The quantitative estimate of drug-likeness (QED) is 0.713. The van der Waals surface area contributed by atoms with Crippen LogP contribution in [0.25, 0.3) is 11.3 Å². The van der Waals surface area contributed by atoms with Gasteiger partial charge < -0.3 is 0 Å². The smallest absolute Gasteiger partial charge is 0.0921 e. The maximum Gasteiger partial charge on any atom is 0.0921 e. The first kappa shape index (κ1) is 11.5. The lowest BCUT2D eigenvalue weighted by Crippen LogP contribution is -1.98. The van der Waals surface area contributed by atoms with Crippen LogP contribution in [0.2, 0.25) is 0 Å². The number of pyridine rings is 1. The first-order chi connectivity index (χ1) is 9.43. The van der Waals surface area contributed by atoms with Gasteiger partial charge in [0.2, 0.25) is 0 Å². The molecule has 0 atom stereocenters. The first-order valence-electron chi connectivity index (χ1n) is 6.18. The highest BCUT2D eigenvalue weighted by molar-refractivity contribution is 5.61. The minimum absolute atomic E-state index is 0.784. The van der Waals surface area contributed by atoms with E-state index < -0.39 is 0 Å². The van der Waals surface area contributed by atoms with Gasteiger partial charge in [-0.25, -0.2) is 0 Å². The second-order valence-electron chi connectivity index (χ2n) is 4.25. The molecule has 0 aliphatic rings. The van der Waals surface area contributed by atoms with Gasteiger partial charge >= 0.3 is 0 Å². The standard InChI is InChI=1S/C16H13N3/c1-2-4-13(5-3-1)12-15-16(19-11-10-18-15)14-6-8-17-9-7-14/h1-11H,12H2. The highest BCUT2D eigenvalue weighted by Gasteiger charge is 2.08. The number of aromatic nitrogens is 3. The van der Waals surface area contributed by atoms with E-state index in [1.165, 1.54) is 5.56 Å². The van der Waals surface area contributed by atoms with Crippen molar-refractivity contribution in [3.8, 4) is 11.3 Å². The summed E-state index contributed by atoms with van der Waals surface area (Å²) in [5.41, 5.74) is 4.20. The van der Waals surface area contributed by atoms with Crippen molar-refractivity contribution in [3.63, 3.8) is 0 Å². The van der Waals surface area contributed by atoms with Crippen LogP contribution in [-0.2, 0) is 6.42 Å². The molecule has 0 aliphatic heterocycles. The zero-order chi connectivity index (χ0) is 12.9. The minimum atomic E-state index is 0.784. The molecule has 0 saturated carbocycles. The highest BCUT2D eigenvalue weighted by atomic mass is 14.8. The van der Waals surface area contributed by atoms with Gasteiger partial charge in [-0.1, -0.05) is 30.3 Å². The number of hydrogen-bond acceptors (Lipinski definition) is 3. The lowest BCUT2D eigenvalue weighted by Gasteiger charge is -2.07. The third-order valence-corrected chi connectivity index (χ3v) is 2.94. The molecule has 0 spiro atoms. The molecule has 2 heterocycles. The molecule has 92 valence electrons. The lowest BCUT2D eigenvalue weighted by molar-refractivity contribution is 1.04. The average Bonchev–Trinajstić information content (AvgIpc) is 2.50. The van der Waals surface area contributed by atoms with Crippen molar-refractivity contribution in [2.45, 2.75) is 6.42 Å². The molecule has 0 N–H and O–H groups in total. The van der Waals surface area contributed by atoms with Crippen molar-refractivity contribution in [3.05, 3.63) is 78.5 Å². The van der Waals surface area contributed by atoms with E-state index in [2.05, 4.69) is 27.1 Å². The SMILES string of the molecule is c1ccc(Cc2nccnc2-c2ccncc2)cc1. The van der Waals surface area contributed by atoms with Crippen LogP contribution < -0.4 is 0 Å². The summed E-state index contributed by atoms with van der Waals surface area (Å²) in [7, 11) is 0. The predicted octanol–water partition coefficient (Wildman–Crippen LogP) is 3.13. The summed E-state index contributed by atoms with van der Waals surface area (Å²) in [5.74, 6) is 0. The Morgan fingerprint density at radius 1 is 0.737 bits per heavy atom. The Kier molecular flexibility index (Phi) is 3.28. The van der Waals surface area contributed by atoms with Crippen LogP contribution in [0.15, 0.2) is 67.3 Å². The fraction of sp³-hybridized carbons (Fsp3) is 0.0625. The summed E-state index contributed by atoms with van der Waals surface area (Å²) < 4.78 is 0. The fourth-order valence-corrected chi connectivity index (χ4v) is 2.04. The lowest BCUT2D eigenvalue weighted by atomic mass is 10.0. The van der Waals surface area contributed by atoms with Crippen molar-refractivity contribution in [2.24, 2.45) is 0 Å². The molecule has 3 rings (SSSR count). The molecule has 0 unspecified atom stereocenters. The normalized spacial score (nSPS) is 10.3. The molecule has 3 aromatic rings. The molecule has 0 radical (unpaired) electrons.